The van der Waals surface area contributed by atoms with Gasteiger partial charge in [-0.2, -0.15) is 13.2 Å². The fourth-order valence-electron chi connectivity index (χ4n) is 10.1. The van der Waals surface area contributed by atoms with Gasteiger partial charge in [0.2, 0.25) is 0 Å². The van der Waals surface area contributed by atoms with Gasteiger partial charge >= 0.3 is 6.18 Å². The second-order valence-corrected chi connectivity index (χ2v) is 14.0. The molecule has 0 N–H and O–H groups in total. The summed E-state index contributed by atoms with van der Waals surface area (Å²) in [6.07, 6.45) is 3.46. The molecule has 0 aromatic heterocycles. The first-order valence-corrected chi connectivity index (χ1v) is 15.2. The Hall–Kier alpha value is -0.340. The predicted octanol–water partition coefficient (Wildman–Crippen LogP) is 9.65. The van der Waals surface area contributed by atoms with Crippen LogP contribution in [0.4, 0.5) is 13.2 Å². The van der Waals surface area contributed by atoms with E-state index in [-0.39, 0.29) is 35.7 Å². The maximum Gasteiger partial charge on any atom is 0.418 e. The van der Waals surface area contributed by atoms with Gasteiger partial charge in [0.15, 0.2) is 5.60 Å². The van der Waals surface area contributed by atoms with E-state index in [1.807, 2.05) is 7.11 Å². The molecule has 4 aliphatic rings. The van der Waals surface area contributed by atoms with Crippen molar-refractivity contribution in [2.45, 2.75) is 103 Å². The molecule has 0 radical (unpaired) electrons. The lowest BCUT2D eigenvalue weighted by Crippen LogP contribution is -2.59. The Morgan fingerprint density at radius 3 is 2.22 bits per heavy atom. The highest BCUT2D eigenvalue weighted by atomic mass is 127. The fraction of sp³-hybridized carbons (Fsp3) is 0.806. The van der Waals surface area contributed by atoms with E-state index in [0.29, 0.717) is 36.0 Å². The molecule has 0 unspecified atom stereocenters. The molecular formula is C31H44F3IO2. The molecule has 4 fully saturated rings. The summed E-state index contributed by atoms with van der Waals surface area (Å²) in [6, 6.07) is 8.80. The number of ether oxygens (including phenoxy) is 1. The number of aryl methyl sites for hydroxylation is 1. The van der Waals surface area contributed by atoms with Crippen molar-refractivity contribution >= 4 is 23.0 Å². The molecule has 37 heavy (non-hydrogen) atoms. The second-order valence-electron chi connectivity index (χ2n) is 13.6. The first-order valence-electron chi connectivity index (χ1n) is 14.4. The number of fused-ring (bicyclic) bond motifs is 5. The maximum atomic E-state index is 14.1. The Bertz CT molecular complexity index is 966. The highest BCUT2D eigenvalue weighted by Crippen LogP contribution is 2.70. The Labute approximate surface area is 235 Å². The topological polar surface area (TPSA) is 18.5 Å². The van der Waals surface area contributed by atoms with Crippen molar-refractivity contribution in [1.29, 1.82) is 0 Å². The van der Waals surface area contributed by atoms with Gasteiger partial charge in [-0.1, -0.05) is 50.6 Å². The highest BCUT2D eigenvalue weighted by molar-refractivity contribution is 14.1. The SMILES string of the molecule is CO[C@H](c1ccc(C)cc1)[C@@H](C)[C@H]1CC[C@H]2[C@@H]3CC[C@@H]4C[C@@](OI)(C(F)(F)F)CC[C@]4(C)[C@H]3CC[C@]12C. The van der Waals surface area contributed by atoms with Crippen molar-refractivity contribution in [3.05, 3.63) is 35.4 Å². The first-order chi connectivity index (χ1) is 17.4. The minimum Gasteiger partial charge on any atom is -0.376 e. The monoisotopic (exact) mass is 632 g/mol. The molecule has 0 spiro atoms. The Morgan fingerprint density at radius 1 is 0.919 bits per heavy atom. The molecule has 0 saturated heterocycles. The zero-order valence-corrected chi connectivity index (χ0v) is 25.2. The van der Waals surface area contributed by atoms with Crippen LogP contribution in [0.15, 0.2) is 24.3 Å². The number of alkyl halides is 3. The number of benzene rings is 1. The fourth-order valence-corrected chi connectivity index (χ4v) is 10.8. The molecule has 1 aromatic carbocycles. The van der Waals surface area contributed by atoms with E-state index in [9.17, 15) is 13.2 Å². The van der Waals surface area contributed by atoms with E-state index in [4.69, 9.17) is 7.80 Å². The average molecular weight is 633 g/mol. The number of rotatable bonds is 5. The maximum absolute atomic E-state index is 14.1. The van der Waals surface area contributed by atoms with Crippen molar-refractivity contribution in [1.82, 2.24) is 0 Å². The quantitative estimate of drug-likeness (QED) is 0.301. The first kappa shape index (κ1) is 28.2. The number of hydrogen-bond donors (Lipinski definition) is 0. The summed E-state index contributed by atoms with van der Waals surface area (Å²) in [7, 11) is 1.85. The van der Waals surface area contributed by atoms with Gasteiger partial charge in [-0.25, -0.2) is 0 Å². The van der Waals surface area contributed by atoms with Crippen molar-refractivity contribution in [3.63, 3.8) is 0 Å². The molecule has 6 heteroatoms. The predicted molar refractivity (Wildman–Crippen MR) is 149 cm³/mol. The minimum absolute atomic E-state index is 0.00513. The number of methoxy groups -OCH3 is 1. The lowest BCUT2D eigenvalue weighted by molar-refractivity contribution is -0.269. The summed E-state index contributed by atoms with van der Waals surface area (Å²) in [4.78, 5) is 0. The molecule has 2 nitrogen and oxygen atoms in total. The van der Waals surface area contributed by atoms with Crippen LogP contribution in [0.1, 0.15) is 95.8 Å². The molecule has 0 heterocycles. The zero-order valence-electron chi connectivity index (χ0n) is 23.0. The van der Waals surface area contributed by atoms with E-state index in [1.165, 1.54) is 53.4 Å². The smallest absolute Gasteiger partial charge is 0.376 e. The van der Waals surface area contributed by atoms with Crippen LogP contribution in [-0.4, -0.2) is 18.9 Å². The average Bonchev–Trinajstić information content (AvgIpc) is 3.21. The largest absolute Gasteiger partial charge is 0.418 e. The molecule has 4 saturated carbocycles. The van der Waals surface area contributed by atoms with Crippen LogP contribution in [0.2, 0.25) is 0 Å². The van der Waals surface area contributed by atoms with E-state index >= 15 is 0 Å². The Kier molecular flexibility index (Phi) is 7.57. The van der Waals surface area contributed by atoms with Crippen molar-refractivity contribution < 1.29 is 21.0 Å². The minimum atomic E-state index is -4.30. The van der Waals surface area contributed by atoms with Crippen LogP contribution in [0.3, 0.4) is 0 Å². The summed E-state index contributed by atoms with van der Waals surface area (Å²) in [6.45, 7) is 9.38. The lowest BCUT2D eigenvalue weighted by atomic mass is 9.43. The molecule has 208 valence electrons. The number of hydrogen-bond acceptors (Lipinski definition) is 2. The van der Waals surface area contributed by atoms with Gasteiger partial charge in [0, 0.05) is 7.11 Å². The van der Waals surface area contributed by atoms with Gasteiger partial charge in [0.05, 0.1) is 6.10 Å². The van der Waals surface area contributed by atoms with Crippen LogP contribution in [-0.2, 0) is 7.80 Å². The second kappa shape index (κ2) is 9.94. The molecule has 10 atom stereocenters. The van der Waals surface area contributed by atoms with Gasteiger partial charge in [-0.3, -0.25) is 3.07 Å². The van der Waals surface area contributed by atoms with Crippen molar-refractivity contribution in [2.75, 3.05) is 7.11 Å². The Morgan fingerprint density at radius 2 is 1.59 bits per heavy atom. The summed E-state index contributed by atoms with van der Waals surface area (Å²) in [5.41, 5.74) is 0.840. The van der Waals surface area contributed by atoms with Crippen LogP contribution >= 0.6 is 23.0 Å². The Balaban J connectivity index is 1.36. The molecule has 0 amide bonds. The summed E-state index contributed by atoms with van der Waals surface area (Å²) in [5.74, 6) is 2.97. The lowest BCUT2D eigenvalue weighted by Gasteiger charge is -2.62. The van der Waals surface area contributed by atoms with Gasteiger partial charge in [-0.05, 0) is 117 Å². The van der Waals surface area contributed by atoms with Crippen LogP contribution < -0.4 is 0 Å². The van der Waals surface area contributed by atoms with E-state index < -0.39 is 11.8 Å². The normalized spacial score (nSPS) is 43.4. The van der Waals surface area contributed by atoms with Crippen LogP contribution in [0.5, 0.6) is 0 Å². The van der Waals surface area contributed by atoms with Gasteiger partial charge < -0.3 is 4.74 Å². The zero-order chi connectivity index (χ0) is 26.8. The van der Waals surface area contributed by atoms with E-state index in [1.54, 1.807) is 0 Å². The van der Waals surface area contributed by atoms with Gasteiger partial charge in [-0.15, -0.1) is 0 Å². The molecule has 0 aliphatic heterocycles. The van der Waals surface area contributed by atoms with Crippen LogP contribution in [0.25, 0.3) is 0 Å². The van der Waals surface area contributed by atoms with E-state index in [2.05, 4.69) is 52.0 Å². The molecule has 1 aromatic rings. The summed E-state index contributed by atoms with van der Waals surface area (Å²) >= 11 is 1.50. The van der Waals surface area contributed by atoms with Crippen molar-refractivity contribution in [3.8, 4) is 0 Å². The molecular weight excluding hydrogens is 588 g/mol. The molecule has 5 rings (SSSR count). The standard InChI is InChI=1S/C31H44F3IO2/c1-19-6-8-21(9-7-19)27(36-5)20(2)24-12-13-25-23-11-10-22-18-30(37-35,31(32,33)34)17-16-28(22,3)26(23)14-15-29(24,25)4/h6-9,20,22-27H,10-18H2,1-5H3/t20-,22+,23-,24+,25-,26-,27-,28-,29+,30+/m0/s1. The molecule has 4 aliphatic carbocycles. The van der Waals surface area contributed by atoms with E-state index in [0.717, 1.165) is 19.3 Å². The highest BCUT2D eigenvalue weighted by Gasteiger charge is 2.66. The van der Waals surface area contributed by atoms with Crippen molar-refractivity contribution in [2.24, 2.45) is 46.3 Å². The summed E-state index contributed by atoms with van der Waals surface area (Å²) < 4.78 is 53.5. The van der Waals surface area contributed by atoms with Gasteiger partial charge in [0.1, 0.15) is 23.0 Å². The van der Waals surface area contributed by atoms with Gasteiger partial charge in [0.25, 0.3) is 0 Å². The molecule has 0 bridgehead atoms. The third-order valence-electron chi connectivity index (χ3n) is 12.2. The third-order valence-corrected chi connectivity index (χ3v) is 13.1. The van der Waals surface area contributed by atoms with Crippen LogP contribution in [0, 0.1) is 53.3 Å². The number of halogens is 4. The third kappa shape index (κ3) is 4.42. The summed E-state index contributed by atoms with van der Waals surface area (Å²) in [5, 5.41) is 0.